The number of nitrogens with one attached hydrogen (secondary N) is 1. The monoisotopic (exact) mass is 542 g/mol. The summed E-state index contributed by atoms with van der Waals surface area (Å²) in [6.07, 6.45) is 7.11. The molecular weight excluding hydrogens is 512 g/mol. The number of carbonyl (C=O) groups is 2. The Bertz CT molecular complexity index is 1690. The van der Waals surface area contributed by atoms with E-state index < -0.39 is 5.91 Å². The van der Waals surface area contributed by atoms with E-state index in [1.807, 2.05) is 64.4 Å². The standard InChI is InChI=1S/C28H30N8O4/c1-17-10-19(6-7-20(17)12-29-26(38)25-33-27(40-34-25)28(3,4)5)24-23-11-21(15-36(23)32-16-30-24)22-13-31-35(14-22)8-9-39-18(2)37/h6-7,10-11,13-16H,8-9,12H2,1-5H3,(H,29,38). The Hall–Kier alpha value is -4.87. The van der Waals surface area contributed by atoms with Crippen LogP contribution in [0.3, 0.4) is 0 Å². The lowest BCUT2D eigenvalue weighted by Gasteiger charge is -2.10. The van der Waals surface area contributed by atoms with Crippen molar-refractivity contribution in [3.63, 3.8) is 0 Å². The summed E-state index contributed by atoms with van der Waals surface area (Å²) in [6, 6.07) is 8.00. The highest BCUT2D eigenvalue weighted by Crippen LogP contribution is 2.29. The minimum atomic E-state index is -0.393. The fourth-order valence-corrected chi connectivity index (χ4v) is 4.14. The molecule has 12 heteroatoms. The van der Waals surface area contributed by atoms with Gasteiger partial charge in [0, 0.05) is 48.0 Å². The van der Waals surface area contributed by atoms with Gasteiger partial charge in [0.15, 0.2) is 0 Å². The number of fused-ring (bicyclic) bond motifs is 1. The Morgan fingerprint density at radius 1 is 1.07 bits per heavy atom. The van der Waals surface area contributed by atoms with Crippen molar-refractivity contribution in [2.45, 2.75) is 53.1 Å². The predicted molar refractivity (Wildman–Crippen MR) is 145 cm³/mol. The molecule has 0 aliphatic rings. The van der Waals surface area contributed by atoms with Gasteiger partial charge < -0.3 is 14.6 Å². The van der Waals surface area contributed by atoms with Gasteiger partial charge in [0.1, 0.15) is 12.9 Å². The molecular formula is C28H30N8O4. The first-order chi connectivity index (χ1) is 19.1. The lowest BCUT2D eigenvalue weighted by molar-refractivity contribution is -0.141. The van der Waals surface area contributed by atoms with Crippen molar-refractivity contribution in [1.29, 1.82) is 0 Å². The highest BCUT2D eigenvalue weighted by atomic mass is 16.5. The van der Waals surface area contributed by atoms with Crippen molar-refractivity contribution in [1.82, 2.24) is 39.8 Å². The summed E-state index contributed by atoms with van der Waals surface area (Å²) in [4.78, 5) is 32.3. The second-order valence-electron chi connectivity index (χ2n) is 10.5. The van der Waals surface area contributed by atoms with Gasteiger partial charge in [-0.1, -0.05) is 38.1 Å². The molecule has 5 rings (SSSR count). The van der Waals surface area contributed by atoms with Crippen LogP contribution in [0.1, 0.15) is 55.3 Å². The maximum absolute atomic E-state index is 12.6. The SMILES string of the molecule is CC(=O)OCCn1cc(-c2cc3c(-c4ccc(CNC(=O)c5noc(C(C)(C)C)n5)c(C)c4)ncnn3c2)cn1. The fraction of sp³-hybridized carbons (Fsp3) is 0.321. The molecule has 4 aromatic heterocycles. The molecule has 0 fully saturated rings. The number of aromatic nitrogens is 7. The zero-order valence-electron chi connectivity index (χ0n) is 23.0. The summed E-state index contributed by atoms with van der Waals surface area (Å²) in [6.45, 7) is 10.2. The maximum atomic E-state index is 12.6. The first kappa shape index (κ1) is 26.7. The lowest BCUT2D eigenvalue weighted by atomic mass is 9.97. The van der Waals surface area contributed by atoms with Crippen molar-refractivity contribution in [3.8, 4) is 22.4 Å². The molecule has 4 heterocycles. The lowest BCUT2D eigenvalue weighted by Crippen LogP contribution is -2.24. The molecule has 0 aliphatic carbocycles. The Morgan fingerprint density at radius 2 is 1.90 bits per heavy atom. The van der Waals surface area contributed by atoms with Gasteiger partial charge in [0.2, 0.25) is 5.89 Å². The van der Waals surface area contributed by atoms with Crippen molar-refractivity contribution in [2.24, 2.45) is 0 Å². The van der Waals surface area contributed by atoms with Gasteiger partial charge in [-0.3, -0.25) is 14.3 Å². The molecule has 1 aromatic carbocycles. The van der Waals surface area contributed by atoms with Gasteiger partial charge in [-0.2, -0.15) is 15.2 Å². The van der Waals surface area contributed by atoms with E-state index in [2.05, 4.69) is 30.6 Å². The smallest absolute Gasteiger partial charge is 0.302 e. The highest BCUT2D eigenvalue weighted by Gasteiger charge is 2.24. The van der Waals surface area contributed by atoms with Crippen LogP contribution >= 0.6 is 0 Å². The molecule has 0 bridgehead atoms. The normalized spacial score (nSPS) is 11.6. The fourth-order valence-electron chi connectivity index (χ4n) is 4.14. The third-order valence-electron chi connectivity index (χ3n) is 6.32. The first-order valence-corrected chi connectivity index (χ1v) is 12.8. The number of rotatable bonds is 8. The molecule has 0 spiro atoms. The molecule has 1 amide bonds. The number of nitrogens with zero attached hydrogens (tertiary/aromatic N) is 7. The first-order valence-electron chi connectivity index (χ1n) is 12.8. The summed E-state index contributed by atoms with van der Waals surface area (Å²) in [7, 11) is 0. The van der Waals surface area contributed by atoms with Crippen LogP contribution < -0.4 is 5.32 Å². The molecule has 1 N–H and O–H groups in total. The number of hydrogen-bond donors (Lipinski definition) is 1. The number of hydrogen-bond acceptors (Lipinski definition) is 9. The second-order valence-corrected chi connectivity index (χ2v) is 10.5. The van der Waals surface area contributed by atoms with E-state index in [1.165, 1.54) is 13.3 Å². The highest BCUT2D eigenvalue weighted by molar-refractivity contribution is 5.90. The number of benzene rings is 1. The maximum Gasteiger partial charge on any atom is 0.302 e. The Balaban J connectivity index is 1.31. The van der Waals surface area contributed by atoms with E-state index in [0.29, 0.717) is 19.0 Å². The van der Waals surface area contributed by atoms with Crippen LogP contribution in [0.15, 0.2) is 53.7 Å². The van der Waals surface area contributed by atoms with E-state index >= 15 is 0 Å². The van der Waals surface area contributed by atoms with Crippen LogP contribution in [0, 0.1) is 6.92 Å². The van der Waals surface area contributed by atoms with E-state index in [4.69, 9.17) is 9.26 Å². The largest absolute Gasteiger partial charge is 0.464 e. The Kier molecular flexibility index (Phi) is 7.16. The van der Waals surface area contributed by atoms with E-state index in [1.54, 1.807) is 15.4 Å². The number of aryl methyl sites for hydroxylation is 1. The molecule has 5 aromatic rings. The van der Waals surface area contributed by atoms with Crippen LogP contribution in [0.2, 0.25) is 0 Å². The van der Waals surface area contributed by atoms with Gasteiger partial charge in [0.25, 0.3) is 11.7 Å². The van der Waals surface area contributed by atoms with Gasteiger partial charge in [-0.25, -0.2) is 9.50 Å². The van der Waals surface area contributed by atoms with Crippen LogP contribution in [-0.4, -0.2) is 53.0 Å². The van der Waals surface area contributed by atoms with Crippen LogP contribution in [-0.2, 0) is 28.0 Å². The minimum Gasteiger partial charge on any atom is -0.464 e. The molecule has 206 valence electrons. The number of carbonyl (C=O) groups excluding carboxylic acids is 2. The van der Waals surface area contributed by atoms with Gasteiger partial charge >= 0.3 is 5.97 Å². The van der Waals surface area contributed by atoms with Crippen LogP contribution in [0.25, 0.3) is 27.9 Å². The van der Waals surface area contributed by atoms with Crippen LogP contribution in [0.5, 0.6) is 0 Å². The van der Waals surface area contributed by atoms with E-state index in [-0.39, 0.29) is 23.8 Å². The van der Waals surface area contributed by atoms with Gasteiger partial charge in [-0.15, -0.1) is 0 Å². The molecule has 0 saturated heterocycles. The van der Waals surface area contributed by atoms with Gasteiger partial charge in [0.05, 0.1) is 24.0 Å². The van der Waals surface area contributed by atoms with Crippen molar-refractivity contribution in [3.05, 3.63) is 72.0 Å². The van der Waals surface area contributed by atoms with Gasteiger partial charge in [-0.05, 0) is 30.2 Å². The van der Waals surface area contributed by atoms with Crippen molar-refractivity contribution < 1.29 is 18.8 Å². The third-order valence-corrected chi connectivity index (χ3v) is 6.32. The Morgan fingerprint density at radius 3 is 2.62 bits per heavy atom. The van der Waals surface area contributed by atoms with Crippen molar-refractivity contribution >= 4 is 17.4 Å². The third kappa shape index (κ3) is 5.75. The molecule has 0 atom stereocenters. The quantitative estimate of drug-likeness (QED) is 0.290. The average Bonchev–Trinajstić information content (AvgIpc) is 3.66. The summed E-state index contributed by atoms with van der Waals surface area (Å²) in [5.74, 6) is -0.281. The van der Waals surface area contributed by atoms with Crippen LogP contribution in [0.4, 0.5) is 0 Å². The summed E-state index contributed by atoms with van der Waals surface area (Å²) < 4.78 is 13.7. The summed E-state index contributed by atoms with van der Waals surface area (Å²) in [5, 5.41) is 15.4. The van der Waals surface area contributed by atoms with E-state index in [9.17, 15) is 9.59 Å². The molecule has 40 heavy (non-hydrogen) atoms. The zero-order chi connectivity index (χ0) is 28.4. The predicted octanol–water partition coefficient (Wildman–Crippen LogP) is 3.74. The number of ether oxygens (including phenoxy) is 1. The molecule has 0 saturated carbocycles. The molecule has 12 nitrogen and oxygen atoms in total. The second kappa shape index (κ2) is 10.7. The number of esters is 1. The molecule has 0 unspecified atom stereocenters. The summed E-state index contributed by atoms with van der Waals surface area (Å²) >= 11 is 0. The summed E-state index contributed by atoms with van der Waals surface area (Å²) in [5.41, 5.74) is 6.03. The van der Waals surface area contributed by atoms with E-state index in [0.717, 1.165) is 39.0 Å². The Labute approximate surface area is 230 Å². The number of amides is 1. The molecule has 0 aliphatic heterocycles. The topological polar surface area (TPSA) is 142 Å². The molecule has 0 radical (unpaired) electrons. The average molecular weight is 543 g/mol. The zero-order valence-corrected chi connectivity index (χ0v) is 23.0. The van der Waals surface area contributed by atoms with Crippen molar-refractivity contribution in [2.75, 3.05) is 6.61 Å². The minimum absolute atomic E-state index is 0.0153.